The molecule has 0 aromatic heterocycles. The number of hydrogen-bond donors (Lipinski definition) is 1. The summed E-state index contributed by atoms with van der Waals surface area (Å²) >= 11 is 0. The van der Waals surface area contributed by atoms with E-state index in [4.69, 9.17) is 10.5 Å². The standard InChI is InChI=1S/C13H27NO2/c1-3-4-5-6-7-8-11-16-13(15)10-9-12(2)14/h12H,3-11,14H2,1-2H3. The molecule has 0 spiro atoms. The molecule has 0 aliphatic heterocycles. The number of hydrogen-bond acceptors (Lipinski definition) is 3. The van der Waals surface area contributed by atoms with Gasteiger partial charge in [-0.3, -0.25) is 4.79 Å². The maximum atomic E-state index is 11.2. The molecule has 0 saturated heterocycles. The van der Waals surface area contributed by atoms with Gasteiger partial charge in [-0.05, 0) is 19.8 Å². The minimum absolute atomic E-state index is 0.0848. The van der Waals surface area contributed by atoms with Crippen LogP contribution in [0.4, 0.5) is 0 Å². The molecule has 0 rings (SSSR count). The largest absolute Gasteiger partial charge is 0.466 e. The van der Waals surface area contributed by atoms with Crippen molar-refractivity contribution in [2.45, 2.75) is 71.3 Å². The molecule has 96 valence electrons. The smallest absolute Gasteiger partial charge is 0.305 e. The van der Waals surface area contributed by atoms with Crippen LogP contribution in [0, 0.1) is 0 Å². The summed E-state index contributed by atoms with van der Waals surface area (Å²) in [5, 5.41) is 0. The summed E-state index contributed by atoms with van der Waals surface area (Å²) in [6, 6.07) is 0.0848. The molecule has 0 fully saturated rings. The van der Waals surface area contributed by atoms with Gasteiger partial charge in [0.25, 0.3) is 0 Å². The molecular weight excluding hydrogens is 202 g/mol. The van der Waals surface area contributed by atoms with Gasteiger partial charge in [-0.25, -0.2) is 0 Å². The van der Waals surface area contributed by atoms with Crippen LogP contribution >= 0.6 is 0 Å². The second-order valence-corrected chi connectivity index (χ2v) is 4.50. The predicted octanol–water partition coefficient (Wildman–Crippen LogP) is 3.02. The van der Waals surface area contributed by atoms with Gasteiger partial charge in [-0.2, -0.15) is 0 Å². The lowest BCUT2D eigenvalue weighted by Crippen LogP contribution is -2.17. The molecule has 0 aliphatic carbocycles. The summed E-state index contributed by atoms with van der Waals surface area (Å²) in [5.74, 6) is -0.106. The first kappa shape index (κ1) is 15.4. The Kier molecular flexibility index (Phi) is 10.5. The second-order valence-electron chi connectivity index (χ2n) is 4.50. The van der Waals surface area contributed by atoms with Gasteiger partial charge in [0.1, 0.15) is 0 Å². The Bertz CT molecular complexity index is 169. The fraction of sp³-hybridized carbons (Fsp3) is 0.923. The van der Waals surface area contributed by atoms with Gasteiger partial charge in [0.15, 0.2) is 0 Å². The van der Waals surface area contributed by atoms with Crippen LogP contribution in [0.1, 0.15) is 65.2 Å². The van der Waals surface area contributed by atoms with Crippen LogP contribution in [0.2, 0.25) is 0 Å². The first-order valence-electron chi connectivity index (χ1n) is 6.58. The van der Waals surface area contributed by atoms with Crippen LogP contribution in [-0.2, 0) is 9.53 Å². The van der Waals surface area contributed by atoms with Gasteiger partial charge in [-0.15, -0.1) is 0 Å². The molecule has 0 amide bonds. The van der Waals surface area contributed by atoms with Crippen molar-refractivity contribution < 1.29 is 9.53 Å². The third-order valence-electron chi connectivity index (χ3n) is 2.56. The monoisotopic (exact) mass is 229 g/mol. The van der Waals surface area contributed by atoms with E-state index >= 15 is 0 Å². The van der Waals surface area contributed by atoms with Crippen LogP contribution in [0.25, 0.3) is 0 Å². The molecule has 0 aliphatic rings. The van der Waals surface area contributed by atoms with Crippen molar-refractivity contribution in [2.75, 3.05) is 6.61 Å². The minimum atomic E-state index is -0.106. The Balaban J connectivity index is 3.15. The number of unbranched alkanes of at least 4 members (excludes halogenated alkanes) is 5. The fourth-order valence-electron chi connectivity index (χ4n) is 1.49. The Morgan fingerprint density at radius 3 is 2.44 bits per heavy atom. The molecule has 2 N–H and O–H groups in total. The highest BCUT2D eigenvalue weighted by Crippen LogP contribution is 2.05. The quantitative estimate of drug-likeness (QED) is 0.463. The molecule has 16 heavy (non-hydrogen) atoms. The maximum Gasteiger partial charge on any atom is 0.305 e. The highest BCUT2D eigenvalue weighted by atomic mass is 16.5. The number of esters is 1. The van der Waals surface area contributed by atoms with E-state index in [1.54, 1.807) is 0 Å². The van der Waals surface area contributed by atoms with Crippen LogP contribution in [0.3, 0.4) is 0 Å². The number of carbonyl (C=O) groups excluding carboxylic acids is 1. The third-order valence-corrected chi connectivity index (χ3v) is 2.56. The number of nitrogens with two attached hydrogens (primary N) is 1. The summed E-state index contributed by atoms with van der Waals surface area (Å²) in [4.78, 5) is 11.2. The van der Waals surface area contributed by atoms with E-state index in [0.717, 1.165) is 12.8 Å². The molecule has 1 unspecified atom stereocenters. The van der Waals surface area contributed by atoms with Crippen LogP contribution in [-0.4, -0.2) is 18.6 Å². The van der Waals surface area contributed by atoms with Crippen LogP contribution in [0.15, 0.2) is 0 Å². The van der Waals surface area contributed by atoms with Gasteiger partial charge in [0.05, 0.1) is 6.61 Å². The van der Waals surface area contributed by atoms with Crippen molar-refractivity contribution in [3.05, 3.63) is 0 Å². The molecular formula is C13H27NO2. The summed E-state index contributed by atoms with van der Waals surface area (Å²) < 4.78 is 5.10. The summed E-state index contributed by atoms with van der Waals surface area (Å²) in [7, 11) is 0. The average molecular weight is 229 g/mol. The summed E-state index contributed by atoms with van der Waals surface area (Å²) in [6.45, 7) is 4.69. The number of ether oxygens (including phenoxy) is 1. The Labute approximate surface area is 99.7 Å². The maximum absolute atomic E-state index is 11.2. The van der Waals surface area contributed by atoms with Gasteiger partial charge >= 0.3 is 5.97 Å². The van der Waals surface area contributed by atoms with Crippen molar-refractivity contribution in [1.29, 1.82) is 0 Å². The van der Waals surface area contributed by atoms with Crippen molar-refractivity contribution in [1.82, 2.24) is 0 Å². The Morgan fingerprint density at radius 1 is 1.19 bits per heavy atom. The number of rotatable bonds is 10. The second kappa shape index (κ2) is 10.9. The van der Waals surface area contributed by atoms with E-state index in [-0.39, 0.29) is 12.0 Å². The van der Waals surface area contributed by atoms with Gasteiger partial charge in [0.2, 0.25) is 0 Å². The Hall–Kier alpha value is -0.570. The summed E-state index contributed by atoms with van der Waals surface area (Å²) in [5.41, 5.74) is 5.56. The van der Waals surface area contributed by atoms with E-state index in [0.29, 0.717) is 13.0 Å². The molecule has 3 heteroatoms. The lowest BCUT2D eigenvalue weighted by atomic mass is 10.1. The molecule has 0 radical (unpaired) electrons. The zero-order chi connectivity index (χ0) is 12.2. The average Bonchev–Trinajstić information content (AvgIpc) is 2.25. The SMILES string of the molecule is CCCCCCCCOC(=O)CCC(C)N. The van der Waals surface area contributed by atoms with Crippen molar-refractivity contribution in [3.8, 4) is 0 Å². The zero-order valence-electron chi connectivity index (χ0n) is 10.8. The lowest BCUT2D eigenvalue weighted by Gasteiger charge is -2.06. The van der Waals surface area contributed by atoms with E-state index in [1.165, 1.54) is 32.1 Å². The first-order valence-corrected chi connectivity index (χ1v) is 6.58. The highest BCUT2D eigenvalue weighted by molar-refractivity contribution is 5.69. The van der Waals surface area contributed by atoms with Crippen molar-refractivity contribution in [2.24, 2.45) is 5.73 Å². The van der Waals surface area contributed by atoms with E-state index < -0.39 is 0 Å². The molecule has 0 saturated carbocycles. The topological polar surface area (TPSA) is 52.3 Å². The van der Waals surface area contributed by atoms with Crippen molar-refractivity contribution >= 4 is 5.97 Å². The van der Waals surface area contributed by atoms with E-state index in [9.17, 15) is 4.79 Å². The van der Waals surface area contributed by atoms with Gasteiger partial charge in [0, 0.05) is 12.5 Å². The first-order chi connectivity index (χ1) is 7.66. The molecule has 1 atom stereocenters. The number of carbonyl (C=O) groups is 1. The normalized spacial score (nSPS) is 12.4. The molecule has 0 heterocycles. The van der Waals surface area contributed by atoms with Crippen LogP contribution < -0.4 is 5.73 Å². The third kappa shape index (κ3) is 11.5. The van der Waals surface area contributed by atoms with Crippen molar-refractivity contribution in [3.63, 3.8) is 0 Å². The molecule has 0 aromatic rings. The molecule has 3 nitrogen and oxygen atoms in total. The van der Waals surface area contributed by atoms with Crippen LogP contribution in [0.5, 0.6) is 0 Å². The lowest BCUT2D eigenvalue weighted by molar-refractivity contribution is -0.143. The fourth-order valence-corrected chi connectivity index (χ4v) is 1.49. The summed E-state index contributed by atoms with van der Waals surface area (Å²) in [6.07, 6.45) is 8.47. The van der Waals surface area contributed by atoms with Gasteiger partial charge in [-0.1, -0.05) is 39.0 Å². The minimum Gasteiger partial charge on any atom is -0.466 e. The zero-order valence-corrected chi connectivity index (χ0v) is 10.8. The van der Waals surface area contributed by atoms with E-state index in [2.05, 4.69) is 6.92 Å². The molecule has 0 aromatic carbocycles. The molecule has 0 bridgehead atoms. The highest BCUT2D eigenvalue weighted by Gasteiger charge is 2.04. The van der Waals surface area contributed by atoms with Gasteiger partial charge < -0.3 is 10.5 Å². The predicted molar refractivity (Wildman–Crippen MR) is 67.2 cm³/mol. The van der Waals surface area contributed by atoms with E-state index in [1.807, 2.05) is 6.92 Å². The Morgan fingerprint density at radius 2 is 1.81 bits per heavy atom.